The van der Waals surface area contributed by atoms with Crippen molar-refractivity contribution in [2.75, 3.05) is 26.7 Å². The van der Waals surface area contributed by atoms with E-state index in [1.807, 2.05) is 30.3 Å². The smallest absolute Gasteiger partial charge is 0.317 e. The van der Waals surface area contributed by atoms with E-state index in [0.717, 1.165) is 12.1 Å². The number of amides is 2. The van der Waals surface area contributed by atoms with E-state index < -0.39 is 0 Å². The lowest BCUT2D eigenvalue weighted by Gasteiger charge is -2.22. The Bertz CT molecular complexity index is 393. The Morgan fingerprint density at radius 3 is 2.50 bits per heavy atom. The Kier molecular flexibility index (Phi) is 7.09. The number of aliphatic hydroxyl groups is 1. The number of hydrogen-bond acceptors (Lipinski definition) is 2. The second-order valence-electron chi connectivity index (χ2n) is 5.58. The van der Waals surface area contributed by atoms with Gasteiger partial charge >= 0.3 is 6.03 Å². The van der Waals surface area contributed by atoms with Crippen molar-refractivity contribution in [1.29, 1.82) is 0 Å². The van der Waals surface area contributed by atoms with Gasteiger partial charge < -0.3 is 15.3 Å². The number of urea groups is 1. The summed E-state index contributed by atoms with van der Waals surface area (Å²) in [5.41, 5.74) is 1.15. The number of rotatable bonds is 7. The van der Waals surface area contributed by atoms with Crippen LogP contribution in [0.15, 0.2) is 30.3 Å². The van der Waals surface area contributed by atoms with Gasteiger partial charge in [-0.15, -0.1) is 0 Å². The van der Waals surface area contributed by atoms with Gasteiger partial charge in [-0.05, 0) is 17.9 Å². The molecule has 0 aliphatic heterocycles. The van der Waals surface area contributed by atoms with Crippen LogP contribution in [0.3, 0.4) is 0 Å². The minimum atomic E-state index is -0.0578. The molecule has 0 bridgehead atoms. The quantitative estimate of drug-likeness (QED) is 0.805. The van der Waals surface area contributed by atoms with E-state index in [1.165, 1.54) is 0 Å². The van der Waals surface area contributed by atoms with Crippen LogP contribution in [-0.2, 0) is 0 Å². The number of carbonyl (C=O) groups is 1. The summed E-state index contributed by atoms with van der Waals surface area (Å²) in [6.07, 6.45) is 0.651. The predicted molar refractivity (Wildman–Crippen MR) is 81.8 cm³/mol. The molecule has 112 valence electrons. The summed E-state index contributed by atoms with van der Waals surface area (Å²) < 4.78 is 0. The highest BCUT2D eigenvalue weighted by molar-refractivity contribution is 5.73. The molecule has 0 saturated carbocycles. The third-order valence-corrected chi connectivity index (χ3v) is 3.23. The Morgan fingerprint density at radius 2 is 1.95 bits per heavy atom. The molecule has 1 unspecified atom stereocenters. The molecule has 0 radical (unpaired) electrons. The van der Waals surface area contributed by atoms with Crippen molar-refractivity contribution in [2.45, 2.75) is 26.2 Å². The number of hydrogen-bond donors (Lipinski definition) is 2. The van der Waals surface area contributed by atoms with Crippen LogP contribution < -0.4 is 5.32 Å². The van der Waals surface area contributed by atoms with Gasteiger partial charge in [-0.2, -0.15) is 0 Å². The van der Waals surface area contributed by atoms with Crippen molar-refractivity contribution in [2.24, 2.45) is 5.92 Å². The van der Waals surface area contributed by atoms with Crippen LogP contribution in [0.4, 0.5) is 4.79 Å². The maximum atomic E-state index is 12.0. The molecule has 0 aliphatic rings. The van der Waals surface area contributed by atoms with E-state index in [1.54, 1.807) is 11.9 Å². The van der Waals surface area contributed by atoms with E-state index in [9.17, 15) is 4.79 Å². The third-order valence-electron chi connectivity index (χ3n) is 3.23. The zero-order valence-electron chi connectivity index (χ0n) is 12.7. The van der Waals surface area contributed by atoms with Gasteiger partial charge in [0.25, 0.3) is 0 Å². The maximum absolute atomic E-state index is 12.0. The Hall–Kier alpha value is -1.55. The van der Waals surface area contributed by atoms with E-state index in [0.29, 0.717) is 18.9 Å². The summed E-state index contributed by atoms with van der Waals surface area (Å²) in [6.45, 7) is 5.58. The number of nitrogens with one attached hydrogen (secondary N) is 1. The highest BCUT2D eigenvalue weighted by atomic mass is 16.3. The van der Waals surface area contributed by atoms with Crippen molar-refractivity contribution in [3.05, 3.63) is 35.9 Å². The van der Waals surface area contributed by atoms with Crippen molar-refractivity contribution in [3.63, 3.8) is 0 Å². The van der Waals surface area contributed by atoms with Crippen LogP contribution in [0.1, 0.15) is 31.7 Å². The van der Waals surface area contributed by atoms with Gasteiger partial charge in [0, 0.05) is 32.7 Å². The van der Waals surface area contributed by atoms with Crippen LogP contribution in [0.5, 0.6) is 0 Å². The van der Waals surface area contributed by atoms with Crippen LogP contribution in [0.25, 0.3) is 0 Å². The van der Waals surface area contributed by atoms with Gasteiger partial charge in [-0.25, -0.2) is 4.79 Å². The molecule has 0 aliphatic carbocycles. The van der Waals surface area contributed by atoms with Crippen molar-refractivity contribution in [3.8, 4) is 0 Å². The van der Waals surface area contributed by atoms with Crippen molar-refractivity contribution in [1.82, 2.24) is 10.2 Å². The summed E-state index contributed by atoms with van der Waals surface area (Å²) in [5.74, 6) is 0.603. The lowest BCUT2D eigenvalue weighted by Crippen LogP contribution is -2.40. The van der Waals surface area contributed by atoms with Crippen LogP contribution in [0.2, 0.25) is 0 Å². The first-order chi connectivity index (χ1) is 9.54. The first-order valence-electron chi connectivity index (χ1n) is 7.19. The van der Waals surface area contributed by atoms with Gasteiger partial charge in [0.1, 0.15) is 0 Å². The summed E-state index contributed by atoms with van der Waals surface area (Å²) in [4.78, 5) is 13.7. The van der Waals surface area contributed by atoms with Gasteiger partial charge in [0.05, 0.1) is 0 Å². The molecule has 1 aromatic carbocycles. The standard InChI is InChI=1S/C16H26N2O2/c1-13(2)12-18(3)16(20)17-11-15(9-10-19)14-7-5-4-6-8-14/h4-8,13,15,19H,9-12H2,1-3H3,(H,17,20). The zero-order valence-corrected chi connectivity index (χ0v) is 12.7. The van der Waals surface area contributed by atoms with E-state index in [4.69, 9.17) is 5.11 Å². The van der Waals surface area contributed by atoms with Crippen LogP contribution in [-0.4, -0.2) is 42.8 Å². The molecule has 1 atom stereocenters. The summed E-state index contributed by atoms with van der Waals surface area (Å²) >= 11 is 0. The SMILES string of the molecule is CC(C)CN(C)C(=O)NCC(CCO)c1ccccc1. The average Bonchev–Trinajstić information content (AvgIpc) is 2.43. The van der Waals surface area contributed by atoms with Crippen molar-refractivity contribution >= 4 is 6.03 Å². The molecule has 2 amide bonds. The van der Waals surface area contributed by atoms with E-state index >= 15 is 0 Å². The topological polar surface area (TPSA) is 52.6 Å². The van der Waals surface area contributed by atoms with Crippen molar-refractivity contribution < 1.29 is 9.90 Å². The maximum Gasteiger partial charge on any atom is 0.317 e. The first kappa shape index (κ1) is 16.5. The molecule has 20 heavy (non-hydrogen) atoms. The lowest BCUT2D eigenvalue weighted by molar-refractivity contribution is 0.201. The molecule has 2 N–H and O–H groups in total. The summed E-state index contributed by atoms with van der Waals surface area (Å²) in [7, 11) is 1.80. The first-order valence-corrected chi connectivity index (χ1v) is 7.19. The van der Waals surface area contributed by atoms with E-state index in [2.05, 4.69) is 19.2 Å². The summed E-state index contributed by atoms with van der Waals surface area (Å²) in [5, 5.41) is 12.1. The average molecular weight is 278 g/mol. The number of benzene rings is 1. The van der Waals surface area contributed by atoms with Crippen LogP contribution in [0, 0.1) is 5.92 Å². The van der Waals surface area contributed by atoms with Gasteiger partial charge in [0.15, 0.2) is 0 Å². The molecule has 0 saturated heterocycles. The Labute approximate surface area is 121 Å². The normalized spacial score (nSPS) is 12.2. The predicted octanol–water partition coefficient (Wildman–Crippen LogP) is 2.45. The van der Waals surface area contributed by atoms with E-state index in [-0.39, 0.29) is 18.6 Å². The molecule has 4 nitrogen and oxygen atoms in total. The highest BCUT2D eigenvalue weighted by Crippen LogP contribution is 2.18. The van der Waals surface area contributed by atoms with Crippen LogP contribution >= 0.6 is 0 Å². The minimum absolute atomic E-state index is 0.0578. The fourth-order valence-electron chi connectivity index (χ4n) is 2.24. The molecule has 1 rings (SSSR count). The molecule has 0 fully saturated rings. The lowest BCUT2D eigenvalue weighted by atomic mass is 9.96. The fourth-order valence-corrected chi connectivity index (χ4v) is 2.24. The van der Waals surface area contributed by atoms with Gasteiger partial charge in [-0.3, -0.25) is 0 Å². The molecular weight excluding hydrogens is 252 g/mol. The molecule has 4 heteroatoms. The number of nitrogens with zero attached hydrogens (tertiary/aromatic N) is 1. The fraction of sp³-hybridized carbons (Fsp3) is 0.562. The molecular formula is C16H26N2O2. The minimum Gasteiger partial charge on any atom is -0.396 e. The number of carbonyl (C=O) groups excluding carboxylic acids is 1. The second-order valence-corrected chi connectivity index (χ2v) is 5.58. The van der Waals surface area contributed by atoms with Gasteiger partial charge in [0.2, 0.25) is 0 Å². The second kappa shape index (κ2) is 8.59. The Balaban J connectivity index is 2.53. The number of aliphatic hydroxyl groups excluding tert-OH is 1. The monoisotopic (exact) mass is 278 g/mol. The largest absolute Gasteiger partial charge is 0.396 e. The third kappa shape index (κ3) is 5.61. The zero-order chi connectivity index (χ0) is 15.0. The molecule has 0 spiro atoms. The van der Waals surface area contributed by atoms with Gasteiger partial charge in [-0.1, -0.05) is 44.2 Å². The summed E-state index contributed by atoms with van der Waals surface area (Å²) in [6, 6.07) is 9.93. The highest BCUT2D eigenvalue weighted by Gasteiger charge is 2.14. The molecule has 0 aromatic heterocycles. The Morgan fingerprint density at radius 1 is 1.30 bits per heavy atom. The molecule has 1 aromatic rings. The molecule has 0 heterocycles.